The first kappa shape index (κ1) is 36.8. The zero-order valence-corrected chi connectivity index (χ0v) is 27.0. The van der Waals surface area contributed by atoms with Crippen LogP contribution in [0.15, 0.2) is 71.1 Å². The third-order valence-electron chi connectivity index (χ3n) is 7.78. The molecule has 0 aromatic rings. The van der Waals surface area contributed by atoms with Crippen molar-refractivity contribution in [1.82, 2.24) is 10.6 Å². The lowest BCUT2D eigenvalue weighted by molar-refractivity contribution is -0.143. The number of allylic oxidation sites excluding steroid dienone is 2. The van der Waals surface area contributed by atoms with Gasteiger partial charge in [-0.05, 0) is 49.8 Å². The van der Waals surface area contributed by atoms with Gasteiger partial charge in [0, 0.05) is 45.8 Å². The average molecular weight is 618 g/mol. The Kier molecular flexibility index (Phi) is 14.9. The van der Waals surface area contributed by atoms with Gasteiger partial charge in [0.05, 0.1) is 17.9 Å². The number of nitrogens with one attached hydrogen (secondary N) is 2. The Hall–Kier alpha value is -3.38. The molecule has 0 aromatic carbocycles. The van der Waals surface area contributed by atoms with E-state index in [1.807, 2.05) is 32.9 Å². The second-order valence-electron chi connectivity index (χ2n) is 11.6. The van der Waals surface area contributed by atoms with Crippen LogP contribution in [0.5, 0.6) is 0 Å². The third-order valence-corrected chi connectivity index (χ3v) is 7.78. The van der Waals surface area contributed by atoms with Gasteiger partial charge < -0.3 is 45.5 Å². The number of hydrogen-bond donors (Lipinski definition) is 5. The number of esters is 1. The molecule has 0 radical (unpaired) electrons. The molecule has 0 fully saturated rings. The number of carbonyl (C=O) groups excluding carboxylic acids is 2. The molecule has 11 nitrogen and oxygen atoms in total. The summed E-state index contributed by atoms with van der Waals surface area (Å²) in [5.41, 5.74) is 8.79. The van der Waals surface area contributed by atoms with Crippen molar-refractivity contribution in [3.05, 3.63) is 71.1 Å². The molecular weight excluding hydrogens is 566 g/mol. The Balaban J connectivity index is 2.63. The number of carbonyl (C=O) groups is 2. The van der Waals surface area contributed by atoms with Gasteiger partial charge in [-0.3, -0.25) is 4.79 Å². The van der Waals surface area contributed by atoms with Gasteiger partial charge in [0.15, 0.2) is 12.2 Å². The number of ether oxygens (including phenoxy) is 4. The van der Waals surface area contributed by atoms with Crippen molar-refractivity contribution in [2.75, 3.05) is 27.3 Å². The summed E-state index contributed by atoms with van der Waals surface area (Å²) in [5, 5.41) is 29.5. The van der Waals surface area contributed by atoms with E-state index in [9.17, 15) is 19.8 Å². The van der Waals surface area contributed by atoms with Crippen LogP contribution in [0.25, 0.3) is 0 Å². The smallest absolute Gasteiger partial charge is 0.405 e. The molecule has 8 atom stereocenters. The normalized spacial score (nSPS) is 33.8. The molecule has 2 bridgehead atoms. The van der Waals surface area contributed by atoms with Gasteiger partial charge in [0.25, 0.3) is 0 Å². The Bertz CT molecular complexity index is 1160. The largest absolute Gasteiger partial charge is 0.452 e. The zero-order valence-electron chi connectivity index (χ0n) is 27.0. The molecule has 0 saturated heterocycles. The van der Waals surface area contributed by atoms with Crippen LogP contribution in [0, 0.1) is 11.8 Å². The first-order valence-electron chi connectivity index (χ1n) is 14.9. The van der Waals surface area contributed by atoms with Gasteiger partial charge in [-0.15, -0.1) is 6.58 Å². The quantitative estimate of drug-likeness (QED) is 0.212. The SMILES string of the molecule is C=CCNC1=C2C[C@@H](C)C[C@H](OC)[C@H](O)[C@@H](C)/C=C(\C)[C@H](OC(N)=O)[C@@H](OC)/C=C/C=C(/C)CNC(=CC1OC(C)=O)C2O. The van der Waals surface area contributed by atoms with Crippen LogP contribution in [0.2, 0.25) is 0 Å². The summed E-state index contributed by atoms with van der Waals surface area (Å²) in [7, 11) is 3.06. The number of methoxy groups -OCH3 is 2. The van der Waals surface area contributed by atoms with Crippen molar-refractivity contribution in [1.29, 1.82) is 0 Å². The molecular formula is C33H51N3O8. The Morgan fingerprint density at radius 3 is 2.45 bits per heavy atom. The lowest BCUT2D eigenvalue weighted by Gasteiger charge is -2.34. The van der Waals surface area contributed by atoms with Gasteiger partial charge >= 0.3 is 12.1 Å². The zero-order chi connectivity index (χ0) is 33.0. The number of aliphatic hydroxyl groups excluding tert-OH is 2. The molecule has 11 heteroatoms. The summed E-state index contributed by atoms with van der Waals surface area (Å²) in [6, 6.07) is 0. The van der Waals surface area contributed by atoms with Crippen LogP contribution < -0.4 is 16.4 Å². The van der Waals surface area contributed by atoms with E-state index in [-0.39, 0.29) is 11.8 Å². The van der Waals surface area contributed by atoms with Crippen molar-refractivity contribution >= 4 is 12.1 Å². The highest BCUT2D eigenvalue weighted by Gasteiger charge is 2.34. The highest BCUT2D eigenvalue weighted by molar-refractivity contribution is 5.67. The van der Waals surface area contributed by atoms with Crippen molar-refractivity contribution in [3.8, 4) is 0 Å². The van der Waals surface area contributed by atoms with Crippen molar-refractivity contribution in [3.63, 3.8) is 0 Å². The molecule has 1 amide bonds. The number of amides is 1. The lowest BCUT2D eigenvalue weighted by atomic mass is 9.84. The van der Waals surface area contributed by atoms with Gasteiger partial charge in [-0.1, -0.05) is 49.8 Å². The maximum Gasteiger partial charge on any atom is 0.405 e. The van der Waals surface area contributed by atoms with Crippen molar-refractivity contribution < 1.29 is 38.7 Å². The topological polar surface area (TPSA) is 162 Å². The number of primary amides is 1. The molecule has 0 spiro atoms. The van der Waals surface area contributed by atoms with E-state index in [4.69, 9.17) is 24.7 Å². The van der Waals surface area contributed by atoms with E-state index in [1.54, 1.807) is 38.3 Å². The van der Waals surface area contributed by atoms with Crippen LogP contribution in [0.4, 0.5) is 4.79 Å². The van der Waals surface area contributed by atoms with E-state index in [0.717, 1.165) is 5.57 Å². The van der Waals surface area contributed by atoms with E-state index >= 15 is 0 Å². The minimum atomic E-state index is -0.984. The summed E-state index contributed by atoms with van der Waals surface area (Å²) in [6.07, 6.45) is 6.00. The maximum atomic E-state index is 12.1. The molecule has 0 saturated carbocycles. The Morgan fingerprint density at radius 1 is 1.16 bits per heavy atom. The van der Waals surface area contributed by atoms with E-state index in [2.05, 4.69) is 17.2 Å². The molecule has 0 aromatic heterocycles. The van der Waals surface area contributed by atoms with Crippen LogP contribution >= 0.6 is 0 Å². The highest BCUT2D eigenvalue weighted by Crippen LogP contribution is 2.32. The lowest BCUT2D eigenvalue weighted by Crippen LogP contribution is -2.40. The second kappa shape index (κ2) is 17.8. The standard InChI is InChI=1S/C33H51N3O8/c1-9-13-35-29-24-14-20(3)15-28(42-8)30(38)21(4)16-22(5)32(44-33(34)40)26(41-7)12-10-11-19(2)18-36-25(31(24)39)17-27(29)43-23(6)37/h9-12,16-17,20-21,26-28,30-32,35-36,38-39H,1,13-15,18H2,2-8H3,(H2,34,40)/b12-10+,19-11-,22-16+/t20-,21+,26+,27?,28+,30-,31?,32+/m1/s1. The molecule has 1 aliphatic carbocycles. The Morgan fingerprint density at radius 2 is 1.86 bits per heavy atom. The molecule has 246 valence electrons. The Labute approximate surface area is 261 Å². The van der Waals surface area contributed by atoms with Gasteiger partial charge in [0.2, 0.25) is 0 Å². The monoisotopic (exact) mass is 617 g/mol. The van der Waals surface area contributed by atoms with Crippen molar-refractivity contribution in [2.45, 2.75) is 84.1 Å². The average Bonchev–Trinajstić information content (AvgIpc) is 2.96. The van der Waals surface area contributed by atoms with Gasteiger partial charge in [-0.2, -0.15) is 0 Å². The number of rotatable bonds is 7. The van der Waals surface area contributed by atoms with Crippen molar-refractivity contribution in [2.24, 2.45) is 17.6 Å². The fourth-order valence-corrected chi connectivity index (χ4v) is 5.55. The third kappa shape index (κ3) is 10.7. The highest BCUT2D eigenvalue weighted by atomic mass is 16.6. The number of aliphatic hydroxyl groups is 2. The fourth-order valence-electron chi connectivity index (χ4n) is 5.55. The summed E-state index contributed by atoms with van der Waals surface area (Å²) in [6.45, 7) is 13.5. The maximum absolute atomic E-state index is 12.1. The summed E-state index contributed by atoms with van der Waals surface area (Å²) in [5.74, 6) is -0.885. The van der Waals surface area contributed by atoms with Crippen LogP contribution in [-0.4, -0.2) is 86.2 Å². The number of hydrogen-bond acceptors (Lipinski definition) is 10. The second-order valence-corrected chi connectivity index (χ2v) is 11.6. The van der Waals surface area contributed by atoms with Crippen LogP contribution in [0.1, 0.15) is 47.5 Å². The number of nitrogens with two attached hydrogens (primary N) is 1. The number of fused-ring (bicyclic) bond motifs is 2. The first-order valence-corrected chi connectivity index (χ1v) is 14.9. The molecule has 44 heavy (non-hydrogen) atoms. The fraction of sp³-hybridized carbons (Fsp3) is 0.576. The van der Waals surface area contributed by atoms with E-state index in [1.165, 1.54) is 14.0 Å². The summed E-state index contributed by atoms with van der Waals surface area (Å²) in [4.78, 5) is 23.8. The van der Waals surface area contributed by atoms with E-state index < -0.39 is 48.7 Å². The predicted molar refractivity (Wildman–Crippen MR) is 169 cm³/mol. The summed E-state index contributed by atoms with van der Waals surface area (Å²) < 4.78 is 22.5. The van der Waals surface area contributed by atoms with Crippen LogP contribution in [0.3, 0.4) is 0 Å². The predicted octanol–water partition coefficient (Wildman–Crippen LogP) is 3.17. The molecule has 2 unspecified atom stereocenters. The molecule has 2 rings (SSSR count). The molecule has 1 heterocycles. The molecule has 6 N–H and O–H groups in total. The molecule has 2 aliphatic rings. The summed E-state index contributed by atoms with van der Waals surface area (Å²) >= 11 is 0. The van der Waals surface area contributed by atoms with Crippen LogP contribution in [-0.2, 0) is 23.7 Å². The first-order chi connectivity index (χ1) is 20.8. The van der Waals surface area contributed by atoms with Gasteiger partial charge in [-0.25, -0.2) is 4.79 Å². The van der Waals surface area contributed by atoms with Gasteiger partial charge in [0.1, 0.15) is 12.2 Å². The van der Waals surface area contributed by atoms with E-state index in [0.29, 0.717) is 48.5 Å². The molecule has 1 aliphatic heterocycles. The minimum Gasteiger partial charge on any atom is -0.452 e. The minimum absolute atomic E-state index is 0.0499.